The van der Waals surface area contributed by atoms with Crippen LogP contribution in [0.25, 0.3) is 0 Å². The minimum Gasteiger partial charge on any atom is -0.486 e. The number of ether oxygens (including phenoxy) is 3. The quantitative estimate of drug-likeness (QED) is 0.375. The number of Topliss-reactive ketones (excluding diaryl/α,β-unsaturated/α-hetero) is 1. The molecule has 0 saturated carbocycles. The number of imide groups is 1. The van der Waals surface area contributed by atoms with E-state index in [-0.39, 0.29) is 11.9 Å². The minimum atomic E-state index is -1.08. The molecule has 1 unspecified atom stereocenters. The molecule has 0 radical (unpaired) electrons. The van der Waals surface area contributed by atoms with Gasteiger partial charge in [0.2, 0.25) is 5.78 Å². The summed E-state index contributed by atoms with van der Waals surface area (Å²) in [5, 5.41) is 2.49. The van der Waals surface area contributed by atoms with Gasteiger partial charge in [-0.05, 0) is 45.9 Å². The van der Waals surface area contributed by atoms with Crippen LogP contribution in [-0.4, -0.2) is 64.6 Å². The molecule has 1 aromatic heterocycles. The predicted molar refractivity (Wildman–Crippen MR) is 120 cm³/mol. The number of nitrogens with one attached hydrogen (secondary N) is 1. The Bertz CT molecular complexity index is 1170. The van der Waals surface area contributed by atoms with Crippen LogP contribution in [-0.2, 0) is 20.9 Å². The van der Waals surface area contributed by atoms with E-state index in [4.69, 9.17) is 14.2 Å². The van der Waals surface area contributed by atoms with Crippen molar-refractivity contribution >= 4 is 23.7 Å². The second-order valence-corrected chi connectivity index (χ2v) is 8.92. The van der Waals surface area contributed by atoms with Crippen LogP contribution in [0.4, 0.5) is 4.79 Å². The number of fused-ring (bicyclic) bond motifs is 1. The summed E-state index contributed by atoms with van der Waals surface area (Å²) in [4.78, 5) is 49.8. The van der Waals surface area contributed by atoms with Crippen LogP contribution in [0.1, 0.15) is 35.6 Å². The Morgan fingerprint density at radius 1 is 1.18 bits per heavy atom. The molecule has 180 valence electrons. The number of carbonyl (C=O) groups is 4. The highest BCUT2D eigenvalue weighted by Crippen LogP contribution is 2.31. The summed E-state index contributed by atoms with van der Waals surface area (Å²) >= 11 is 0. The fourth-order valence-corrected chi connectivity index (χ4v) is 4.08. The number of para-hydroxylation sites is 2. The summed E-state index contributed by atoms with van der Waals surface area (Å²) in [6.07, 6.45) is -0.228. The van der Waals surface area contributed by atoms with Crippen LogP contribution < -0.4 is 14.8 Å². The van der Waals surface area contributed by atoms with E-state index in [1.54, 1.807) is 19.9 Å². The highest BCUT2D eigenvalue weighted by Gasteiger charge is 2.45. The first-order valence-corrected chi connectivity index (χ1v) is 10.9. The monoisotopic (exact) mass is 469 g/mol. The predicted octanol–water partition coefficient (Wildman–Crippen LogP) is 2.00. The van der Waals surface area contributed by atoms with Crippen molar-refractivity contribution in [1.82, 2.24) is 14.8 Å². The normalized spacial score (nSPS) is 18.6. The van der Waals surface area contributed by atoms with Crippen LogP contribution in [0.15, 0.2) is 30.3 Å². The van der Waals surface area contributed by atoms with Crippen LogP contribution >= 0.6 is 0 Å². The Morgan fingerprint density at radius 3 is 2.56 bits per heavy atom. The van der Waals surface area contributed by atoms with Crippen LogP contribution in [0.2, 0.25) is 0 Å². The van der Waals surface area contributed by atoms with E-state index in [0.717, 1.165) is 16.3 Å². The number of aromatic nitrogens is 1. The van der Waals surface area contributed by atoms with Crippen molar-refractivity contribution in [3.8, 4) is 11.5 Å². The second kappa shape index (κ2) is 8.85. The number of aryl methyl sites for hydroxylation is 1. The van der Waals surface area contributed by atoms with Crippen LogP contribution in [0.3, 0.4) is 0 Å². The van der Waals surface area contributed by atoms with Crippen molar-refractivity contribution in [3.05, 3.63) is 47.3 Å². The maximum absolute atomic E-state index is 12.8. The number of hydrogen-bond donors (Lipinski definition) is 1. The molecule has 4 rings (SSSR count). The van der Waals surface area contributed by atoms with E-state index in [1.807, 2.05) is 42.7 Å². The molecule has 2 aromatic rings. The number of hydrogen-bond acceptors (Lipinski definition) is 7. The highest BCUT2D eigenvalue weighted by molar-refractivity contribution is 6.08. The molecule has 10 nitrogen and oxygen atoms in total. The largest absolute Gasteiger partial charge is 0.486 e. The zero-order chi connectivity index (χ0) is 24.6. The van der Waals surface area contributed by atoms with Crippen molar-refractivity contribution in [1.29, 1.82) is 0 Å². The molecule has 3 amide bonds. The number of esters is 1. The molecular weight excluding hydrogens is 442 g/mol. The summed E-state index contributed by atoms with van der Waals surface area (Å²) in [5.74, 6) is -0.362. The fourth-order valence-electron chi connectivity index (χ4n) is 4.08. The molecule has 0 aliphatic carbocycles. The Morgan fingerprint density at radius 2 is 1.88 bits per heavy atom. The lowest BCUT2D eigenvalue weighted by molar-refractivity contribution is -0.146. The maximum atomic E-state index is 12.8. The number of rotatable bonds is 7. The van der Waals surface area contributed by atoms with Gasteiger partial charge in [0.25, 0.3) is 5.91 Å². The third-order valence-electron chi connectivity index (χ3n) is 5.92. The first-order chi connectivity index (χ1) is 16.1. The van der Waals surface area contributed by atoms with Crippen molar-refractivity contribution in [2.75, 3.05) is 19.8 Å². The van der Waals surface area contributed by atoms with Crippen LogP contribution in [0, 0.1) is 13.8 Å². The Kier molecular flexibility index (Phi) is 6.07. The summed E-state index contributed by atoms with van der Waals surface area (Å²) < 4.78 is 18.8. The van der Waals surface area contributed by atoms with Gasteiger partial charge in [-0.3, -0.25) is 19.3 Å². The molecule has 1 fully saturated rings. The molecule has 0 bridgehead atoms. The van der Waals surface area contributed by atoms with Gasteiger partial charge in [-0.2, -0.15) is 0 Å². The van der Waals surface area contributed by atoms with Gasteiger partial charge in [-0.1, -0.05) is 12.1 Å². The molecule has 34 heavy (non-hydrogen) atoms. The van der Waals surface area contributed by atoms with Gasteiger partial charge in [-0.25, -0.2) is 4.79 Å². The maximum Gasteiger partial charge on any atom is 0.326 e. The van der Waals surface area contributed by atoms with Crippen molar-refractivity contribution < 1.29 is 33.4 Å². The minimum absolute atomic E-state index is 0.228. The van der Waals surface area contributed by atoms with Crippen molar-refractivity contribution in [2.45, 2.75) is 45.9 Å². The lowest BCUT2D eigenvalue weighted by Crippen LogP contribution is -2.41. The van der Waals surface area contributed by atoms with E-state index in [1.165, 1.54) is 0 Å². The Balaban J connectivity index is 1.35. The number of carbonyl (C=O) groups excluding carboxylic acids is 4. The number of benzene rings is 1. The standard InChI is InChI=1S/C24H27N3O7/c1-14-9-17(15(2)26(14)10-16-12-32-19-7-5-6-8-20(19)34-16)18(28)13-33-21(29)11-27-22(30)24(3,4)25-23(27)31/h5-9,16H,10-13H2,1-4H3,(H,25,31). The molecule has 10 heteroatoms. The smallest absolute Gasteiger partial charge is 0.326 e. The number of urea groups is 1. The molecule has 1 aromatic carbocycles. The summed E-state index contributed by atoms with van der Waals surface area (Å²) in [5.41, 5.74) is 0.923. The zero-order valence-corrected chi connectivity index (χ0v) is 19.5. The number of ketones is 1. The molecule has 0 spiro atoms. The second-order valence-electron chi connectivity index (χ2n) is 8.92. The summed E-state index contributed by atoms with van der Waals surface area (Å²) in [6, 6.07) is 8.53. The lowest BCUT2D eigenvalue weighted by atomic mass is 10.1. The van der Waals surface area contributed by atoms with Crippen molar-refractivity contribution in [2.24, 2.45) is 0 Å². The van der Waals surface area contributed by atoms with Gasteiger partial charge in [0.1, 0.15) is 18.7 Å². The van der Waals surface area contributed by atoms with Crippen LogP contribution in [0.5, 0.6) is 11.5 Å². The number of amides is 3. The summed E-state index contributed by atoms with van der Waals surface area (Å²) in [7, 11) is 0. The topological polar surface area (TPSA) is 116 Å². The molecule has 2 aliphatic rings. The Labute approximate surface area is 196 Å². The SMILES string of the molecule is Cc1cc(C(=O)COC(=O)CN2C(=O)NC(C)(C)C2=O)c(C)n1CC1COc2ccccc2O1. The Hall–Kier alpha value is -3.82. The molecule has 1 saturated heterocycles. The van der Waals surface area contributed by atoms with E-state index >= 15 is 0 Å². The van der Waals surface area contributed by atoms with Gasteiger partial charge in [0.15, 0.2) is 24.2 Å². The molecular formula is C24H27N3O7. The van der Waals surface area contributed by atoms with Gasteiger partial charge < -0.3 is 24.1 Å². The zero-order valence-electron chi connectivity index (χ0n) is 19.5. The highest BCUT2D eigenvalue weighted by atomic mass is 16.6. The average molecular weight is 469 g/mol. The number of nitrogens with zero attached hydrogens (tertiary/aromatic N) is 2. The van der Waals surface area contributed by atoms with E-state index in [9.17, 15) is 19.2 Å². The van der Waals surface area contributed by atoms with Crippen molar-refractivity contribution in [3.63, 3.8) is 0 Å². The van der Waals surface area contributed by atoms with Gasteiger partial charge >= 0.3 is 12.0 Å². The molecule has 1 atom stereocenters. The molecule has 2 aliphatic heterocycles. The van der Waals surface area contributed by atoms with Gasteiger partial charge in [0.05, 0.1) is 6.54 Å². The van der Waals surface area contributed by atoms with Gasteiger partial charge in [-0.15, -0.1) is 0 Å². The molecule has 1 N–H and O–H groups in total. The fraction of sp³-hybridized carbons (Fsp3) is 0.417. The lowest BCUT2D eigenvalue weighted by Gasteiger charge is -2.27. The third kappa shape index (κ3) is 4.48. The summed E-state index contributed by atoms with van der Waals surface area (Å²) in [6.45, 7) is 6.60. The van der Waals surface area contributed by atoms with Gasteiger partial charge in [0, 0.05) is 17.0 Å². The molecule has 3 heterocycles. The van der Waals surface area contributed by atoms with E-state index in [0.29, 0.717) is 30.2 Å². The first kappa shape index (κ1) is 23.3. The van der Waals surface area contributed by atoms with E-state index < -0.39 is 36.6 Å². The van der Waals surface area contributed by atoms with E-state index in [2.05, 4.69) is 5.32 Å². The third-order valence-corrected chi connectivity index (χ3v) is 5.92. The average Bonchev–Trinajstić information content (AvgIpc) is 3.18. The first-order valence-electron chi connectivity index (χ1n) is 10.9.